The summed E-state index contributed by atoms with van der Waals surface area (Å²) in [5.41, 5.74) is 0. The molecule has 3 rings (SSSR count). The molecule has 15 nitrogen and oxygen atoms in total. The minimum absolute atomic E-state index is 0.684. The van der Waals surface area contributed by atoms with Crippen molar-refractivity contribution in [3.63, 3.8) is 0 Å². The summed E-state index contributed by atoms with van der Waals surface area (Å²) in [6.07, 6.45) is -20.5. The summed E-state index contributed by atoms with van der Waals surface area (Å²) in [5.74, 6) is 0. The number of aliphatic hydroxyl groups is 9. The van der Waals surface area contributed by atoms with Gasteiger partial charge in [-0.2, -0.15) is 0 Å². The van der Waals surface area contributed by atoms with E-state index < -0.39 is 105 Å². The standard InChI is InChI=1S/C19H35NO14/c1-5-9(23)11(25)13(27)18(30-5)33-15-7(4-22)31-17(29)8(20-2)16(15)34-19-14(28)12(26)10(24)6(3-21)32-19/h5-29H,3-4H2,1-2H3/t5?,6?,7?,8?,9-,10+,11?,12?,13?,14?,15-,16?,17-,18-,19+/m1/s1. The van der Waals surface area contributed by atoms with Crippen molar-refractivity contribution in [3.8, 4) is 0 Å². The highest BCUT2D eigenvalue weighted by Crippen LogP contribution is 2.32. The number of ether oxygens (including phenoxy) is 5. The van der Waals surface area contributed by atoms with Crippen LogP contribution in [0.3, 0.4) is 0 Å². The van der Waals surface area contributed by atoms with Crippen LogP contribution in [0.1, 0.15) is 6.92 Å². The van der Waals surface area contributed by atoms with E-state index >= 15 is 0 Å². The molecule has 3 aliphatic rings. The first-order valence-electron chi connectivity index (χ1n) is 11.0. The van der Waals surface area contributed by atoms with Gasteiger partial charge in [0.2, 0.25) is 0 Å². The summed E-state index contributed by atoms with van der Waals surface area (Å²) in [7, 11) is 1.45. The minimum Gasteiger partial charge on any atom is -0.394 e. The fourth-order valence-electron chi connectivity index (χ4n) is 4.32. The van der Waals surface area contributed by atoms with E-state index in [4.69, 9.17) is 23.7 Å². The topological polar surface area (TPSA) is 240 Å². The Bertz CT molecular complexity index is 644. The largest absolute Gasteiger partial charge is 0.394 e. The highest BCUT2D eigenvalue weighted by Gasteiger charge is 2.53. The highest BCUT2D eigenvalue weighted by atomic mass is 16.7. The molecule has 0 saturated carbocycles. The van der Waals surface area contributed by atoms with Crippen molar-refractivity contribution in [3.05, 3.63) is 0 Å². The summed E-state index contributed by atoms with van der Waals surface area (Å²) in [5, 5.41) is 93.2. The fraction of sp³-hybridized carbons (Fsp3) is 1.00. The first-order chi connectivity index (χ1) is 16.0. The van der Waals surface area contributed by atoms with E-state index in [0.29, 0.717) is 0 Å². The van der Waals surface area contributed by atoms with E-state index in [1.54, 1.807) is 0 Å². The molecule has 15 atom stereocenters. The van der Waals surface area contributed by atoms with E-state index in [1.165, 1.54) is 14.0 Å². The van der Waals surface area contributed by atoms with Crippen LogP contribution in [0.25, 0.3) is 0 Å². The molecular weight excluding hydrogens is 466 g/mol. The van der Waals surface area contributed by atoms with Gasteiger partial charge in [-0.15, -0.1) is 0 Å². The van der Waals surface area contributed by atoms with Gasteiger partial charge in [0.1, 0.15) is 61.0 Å². The van der Waals surface area contributed by atoms with Crippen LogP contribution in [-0.2, 0) is 23.7 Å². The van der Waals surface area contributed by atoms with Gasteiger partial charge in [-0.25, -0.2) is 0 Å². The van der Waals surface area contributed by atoms with Gasteiger partial charge in [0.15, 0.2) is 18.9 Å². The van der Waals surface area contributed by atoms with Crippen LogP contribution in [0.4, 0.5) is 0 Å². The monoisotopic (exact) mass is 501 g/mol. The lowest BCUT2D eigenvalue weighted by atomic mass is 9.94. The summed E-state index contributed by atoms with van der Waals surface area (Å²) in [6.45, 7) is 0.0609. The normalized spacial score (nSPS) is 52.5. The van der Waals surface area contributed by atoms with Crippen LogP contribution < -0.4 is 5.32 Å². The molecule has 0 spiro atoms. The molecule has 3 fully saturated rings. The number of rotatable bonds is 7. The Morgan fingerprint density at radius 2 is 1.18 bits per heavy atom. The van der Waals surface area contributed by atoms with E-state index in [1.807, 2.05) is 0 Å². The van der Waals surface area contributed by atoms with Gasteiger partial charge in [-0.05, 0) is 14.0 Å². The Morgan fingerprint density at radius 1 is 0.647 bits per heavy atom. The second kappa shape index (κ2) is 11.6. The van der Waals surface area contributed by atoms with Crippen molar-refractivity contribution in [2.45, 2.75) is 99.0 Å². The van der Waals surface area contributed by atoms with Crippen LogP contribution in [-0.4, -0.2) is 158 Å². The second-order valence-corrected chi connectivity index (χ2v) is 8.64. The van der Waals surface area contributed by atoms with Gasteiger partial charge in [0.25, 0.3) is 0 Å². The molecule has 15 heteroatoms. The molecular formula is C19H35NO14. The van der Waals surface area contributed by atoms with Crippen molar-refractivity contribution in [2.75, 3.05) is 20.3 Å². The van der Waals surface area contributed by atoms with Gasteiger partial charge < -0.3 is 75.0 Å². The van der Waals surface area contributed by atoms with Gasteiger partial charge in [0, 0.05) is 0 Å². The molecule has 3 saturated heterocycles. The third-order valence-electron chi connectivity index (χ3n) is 6.42. The van der Waals surface area contributed by atoms with Crippen LogP contribution >= 0.6 is 0 Å². The Morgan fingerprint density at radius 3 is 1.74 bits per heavy atom. The molecule has 200 valence electrons. The van der Waals surface area contributed by atoms with E-state index in [0.717, 1.165) is 0 Å². The summed E-state index contributed by atoms with van der Waals surface area (Å²) in [6, 6.07) is -1.06. The lowest BCUT2D eigenvalue weighted by molar-refractivity contribution is -0.370. The molecule has 0 radical (unpaired) electrons. The number of hydrogen-bond donors (Lipinski definition) is 10. The number of hydrogen-bond acceptors (Lipinski definition) is 15. The zero-order valence-electron chi connectivity index (χ0n) is 18.6. The summed E-state index contributed by atoms with van der Waals surface area (Å²) >= 11 is 0. The fourth-order valence-corrected chi connectivity index (χ4v) is 4.32. The number of nitrogens with one attached hydrogen (secondary N) is 1. The average molecular weight is 501 g/mol. The van der Waals surface area contributed by atoms with Crippen LogP contribution in [0.2, 0.25) is 0 Å². The molecule has 0 aromatic rings. The zero-order chi connectivity index (χ0) is 25.3. The average Bonchev–Trinajstić information content (AvgIpc) is 2.82. The molecule has 0 aromatic carbocycles. The predicted octanol–water partition coefficient (Wildman–Crippen LogP) is -6.32. The second-order valence-electron chi connectivity index (χ2n) is 8.64. The van der Waals surface area contributed by atoms with Crippen molar-refractivity contribution in [1.82, 2.24) is 5.32 Å². The van der Waals surface area contributed by atoms with Crippen LogP contribution in [0.5, 0.6) is 0 Å². The van der Waals surface area contributed by atoms with Crippen LogP contribution in [0.15, 0.2) is 0 Å². The Hall–Kier alpha value is -0.600. The smallest absolute Gasteiger partial charge is 0.187 e. The highest BCUT2D eigenvalue weighted by molar-refractivity contribution is 4.98. The van der Waals surface area contributed by atoms with Gasteiger partial charge >= 0.3 is 0 Å². The molecule has 10 N–H and O–H groups in total. The quantitative estimate of drug-likeness (QED) is 0.156. The minimum atomic E-state index is -1.77. The van der Waals surface area contributed by atoms with Crippen molar-refractivity contribution in [1.29, 1.82) is 0 Å². The van der Waals surface area contributed by atoms with Crippen molar-refractivity contribution < 1.29 is 69.6 Å². The predicted molar refractivity (Wildman–Crippen MR) is 107 cm³/mol. The third kappa shape index (κ3) is 5.39. The molecule has 3 heterocycles. The summed E-state index contributed by atoms with van der Waals surface area (Å²) in [4.78, 5) is 0. The Labute approximate surface area is 195 Å². The van der Waals surface area contributed by atoms with E-state index in [2.05, 4.69) is 5.32 Å². The maximum atomic E-state index is 10.4. The molecule has 0 amide bonds. The van der Waals surface area contributed by atoms with Crippen LogP contribution in [0, 0.1) is 0 Å². The molecule has 0 aliphatic carbocycles. The van der Waals surface area contributed by atoms with E-state index in [9.17, 15) is 46.0 Å². The van der Waals surface area contributed by atoms with Crippen molar-refractivity contribution >= 4 is 0 Å². The molecule has 0 aromatic heterocycles. The zero-order valence-corrected chi connectivity index (χ0v) is 18.6. The van der Waals surface area contributed by atoms with Gasteiger partial charge in [-0.3, -0.25) is 0 Å². The summed E-state index contributed by atoms with van der Waals surface area (Å²) < 4.78 is 27.9. The molecule has 0 bridgehead atoms. The first-order valence-corrected chi connectivity index (χ1v) is 11.0. The number of likely N-dealkylation sites (N-methyl/N-ethyl adjacent to an activating group) is 1. The van der Waals surface area contributed by atoms with E-state index in [-0.39, 0.29) is 0 Å². The first kappa shape index (κ1) is 28.0. The Kier molecular flexibility index (Phi) is 9.57. The van der Waals surface area contributed by atoms with Gasteiger partial charge in [0.05, 0.1) is 25.4 Å². The number of aliphatic hydroxyl groups excluding tert-OH is 9. The molecule has 3 aliphatic heterocycles. The lowest BCUT2D eigenvalue weighted by Crippen LogP contribution is -2.68. The Balaban J connectivity index is 1.87. The lowest BCUT2D eigenvalue weighted by Gasteiger charge is -2.49. The third-order valence-corrected chi connectivity index (χ3v) is 6.42. The van der Waals surface area contributed by atoms with Gasteiger partial charge in [-0.1, -0.05) is 0 Å². The maximum absolute atomic E-state index is 10.4. The SMILES string of the molecule is CNC1C(O[C@@H]2OC(CO)[C@H](O)C(O)C2O)[C@H](O[C@H]2OC(C)[C@@H](O)C(O)C2O)C(CO)O[C@H]1O. The molecule has 34 heavy (non-hydrogen) atoms. The van der Waals surface area contributed by atoms with Crippen molar-refractivity contribution in [2.24, 2.45) is 0 Å². The maximum Gasteiger partial charge on any atom is 0.187 e. The molecule has 9 unspecified atom stereocenters.